The Hall–Kier alpha value is -2.69. The predicted molar refractivity (Wildman–Crippen MR) is 98.7 cm³/mol. The topological polar surface area (TPSA) is 54.0 Å². The van der Waals surface area contributed by atoms with E-state index >= 15 is 0 Å². The third-order valence-corrected chi connectivity index (χ3v) is 4.33. The zero-order chi connectivity index (χ0) is 18.7. The molecule has 0 saturated carbocycles. The number of ether oxygens (including phenoxy) is 4. The standard InChI is InChI=1S/C21H24O5/c1-5-24-19-10-16-8-13(2)26-20(16)11-17(19)12-25-18-7-6-15(14(3)22)9-21(18)23-4/h6-7,9-11,13H,5,8,12H2,1-4H3. The van der Waals surface area contributed by atoms with Gasteiger partial charge in [-0.15, -0.1) is 0 Å². The van der Waals surface area contributed by atoms with Crippen molar-refractivity contribution in [3.63, 3.8) is 0 Å². The van der Waals surface area contributed by atoms with Crippen LogP contribution in [0.4, 0.5) is 0 Å². The highest BCUT2D eigenvalue weighted by molar-refractivity contribution is 5.94. The van der Waals surface area contributed by atoms with Gasteiger partial charge in [-0.25, -0.2) is 0 Å². The van der Waals surface area contributed by atoms with Gasteiger partial charge in [0.1, 0.15) is 24.2 Å². The fourth-order valence-corrected chi connectivity index (χ4v) is 3.05. The minimum absolute atomic E-state index is 0.0154. The minimum Gasteiger partial charge on any atom is -0.493 e. The van der Waals surface area contributed by atoms with Crippen LogP contribution >= 0.6 is 0 Å². The van der Waals surface area contributed by atoms with Crippen molar-refractivity contribution in [3.8, 4) is 23.0 Å². The van der Waals surface area contributed by atoms with Crippen molar-refractivity contribution in [1.29, 1.82) is 0 Å². The van der Waals surface area contributed by atoms with Crippen LogP contribution in [0.3, 0.4) is 0 Å². The highest BCUT2D eigenvalue weighted by atomic mass is 16.5. The van der Waals surface area contributed by atoms with Crippen LogP contribution in [0.5, 0.6) is 23.0 Å². The van der Waals surface area contributed by atoms with Crippen molar-refractivity contribution in [2.75, 3.05) is 13.7 Å². The van der Waals surface area contributed by atoms with Crippen LogP contribution in [-0.4, -0.2) is 25.6 Å². The third kappa shape index (κ3) is 3.77. The first-order chi connectivity index (χ1) is 12.5. The van der Waals surface area contributed by atoms with E-state index in [1.807, 2.05) is 19.1 Å². The number of carbonyl (C=O) groups is 1. The molecule has 0 spiro atoms. The van der Waals surface area contributed by atoms with Crippen LogP contribution in [0.1, 0.15) is 42.3 Å². The summed E-state index contributed by atoms with van der Waals surface area (Å²) in [6.07, 6.45) is 1.06. The molecular formula is C21H24O5. The molecule has 0 bridgehead atoms. The number of methoxy groups -OCH3 is 1. The second-order valence-corrected chi connectivity index (χ2v) is 6.34. The molecule has 1 heterocycles. The van der Waals surface area contributed by atoms with Gasteiger partial charge in [0.15, 0.2) is 17.3 Å². The second kappa shape index (κ2) is 7.68. The molecule has 1 atom stereocenters. The fraction of sp³-hybridized carbons (Fsp3) is 0.381. The Kier molecular flexibility index (Phi) is 5.35. The summed E-state index contributed by atoms with van der Waals surface area (Å²) < 4.78 is 22.9. The van der Waals surface area contributed by atoms with Crippen LogP contribution in [0.15, 0.2) is 30.3 Å². The van der Waals surface area contributed by atoms with E-state index in [4.69, 9.17) is 18.9 Å². The summed E-state index contributed by atoms with van der Waals surface area (Å²) in [4.78, 5) is 11.5. The maximum atomic E-state index is 11.5. The van der Waals surface area contributed by atoms with Crippen molar-refractivity contribution in [2.24, 2.45) is 0 Å². The largest absolute Gasteiger partial charge is 0.493 e. The summed E-state index contributed by atoms with van der Waals surface area (Å²) >= 11 is 0. The van der Waals surface area contributed by atoms with Gasteiger partial charge >= 0.3 is 0 Å². The lowest BCUT2D eigenvalue weighted by molar-refractivity contribution is 0.101. The summed E-state index contributed by atoms with van der Waals surface area (Å²) in [6, 6.07) is 9.20. The number of hydrogen-bond acceptors (Lipinski definition) is 5. The normalized spacial score (nSPS) is 15.2. The number of benzene rings is 2. The van der Waals surface area contributed by atoms with E-state index in [0.29, 0.717) is 30.3 Å². The maximum Gasteiger partial charge on any atom is 0.161 e. The molecule has 138 valence electrons. The molecule has 26 heavy (non-hydrogen) atoms. The number of rotatable bonds is 7. The Balaban J connectivity index is 1.83. The van der Waals surface area contributed by atoms with Crippen molar-refractivity contribution >= 4 is 5.78 Å². The first-order valence-corrected chi connectivity index (χ1v) is 8.78. The second-order valence-electron chi connectivity index (χ2n) is 6.34. The Labute approximate surface area is 153 Å². The van der Waals surface area contributed by atoms with Crippen LogP contribution < -0.4 is 18.9 Å². The molecule has 0 aromatic heterocycles. The van der Waals surface area contributed by atoms with E-state index in [1.54, 1.807) is 25.3 Å². The van der Waals surface area contributed by atoms with Crippen LogP contribution in [0.2, 0.25) is 0 Å². The Morgan fingerprint density at radius 1 is 1.15 bits per heavy atom. The molecule has 2 aromatic carbocycles. The van der Waals surface area contributed by atoms with Crippen molar-refractivity contribution < 1.29 is 23.7 Å². The van der Waals surface area contributed by atoms with Gasteiger partial charge in [0, 0.05) is 23.1 Å². The average molecular weight is 356 g/mol. The smallest absolute Gasteiger partial charge is 0.161 e. The molecule has 0 fully saturated rings. The van der Waals surface area contributed by atoms with Crippen LogP contribution in [0.25, 0.3) is 0 Å². The van der Waals surface area contributed by atoms with Gasteiger partial charge in [0.2, 0.25) is 0 Å². The van der Waals surface area contributed by atoms with Crippen LogP contribution in [0, 0.1) is 0 Å². The quantitative estimate of drug-likeness (QED) is 0.696. The van der Waals surface area contributed by atoms with Crippen molar-refractivity contribution in [1.82, 2.24) is 0 Å². The van der Waals surface area contributed by atoms with E-state index in [1.165, 1.54) is 6.92 Å². The summed E-state index contributed by atoms with van der Waals surface area (Å²) in [5.74, 6) is 2.79. The Bertz CT molecular complexity index is 812. The lowest BCUT2D eigenvalue weighted by Crippen LogP contribution is -2.05. The van der Waals surface area contributed by atoms with Crippen LogP contribution in [-0.2, 0) is 13.0 Å². The minimum atomic E-state index is -0.0154. The van der Waals surface area contributed by atoms with E-state index in [2.05, 4.69) is 6.92 Å². The van der Waals surface area contributed by atoms with Gasteiger partial charge in [0.25, 0.3) is 0 Å². The molecule has 5 nitrogen and oxygen atoms in total. The molecule has 5 heteroatoms. The number of carbonyl (C=O) groups excluding carboxylic acids is 1. The SMILES string of the molecule is CCOc1cc2c(cc1COc1ccc(C(C)=O)cc1OC)OC(C)C2. The Morgan fingerprint density at radius 2 is 1.96 bits per heavy atom. The monoisotopic (exact) mass is 356 g/mol. The van der Waals surface area contributed by atoms with Gasteiger partial charge < -0.3 is 18.9 Å². The molecule has 0 radical (unpaired) electrons. The summed E-state index contributed by atoms with van der Waals surface area (Å²) in [5.41, 5.74) is 2.66. The fourth-order valence-electron chi connectivity index (χ4n) is 3.05. The van der Waals surface area contributed by atoms with Gasteiger partial charge in [-0.05, 0) is 51.1 Å². The molecule has 0 saturated heterocycles. The summed E-state index contributed by atoms with van der Waals surface area (Å²) in [6.45, 7) is 6.43. The molecule has 3 rings (SSSR count). The number of Topliss-reactive ketones (excluding diaryl/α,β-unsaturated/α-hetero) is 1. The summed E-state index contributed by atoms with van der Waals surface area (Å²) in [5, 5.41) is 0. The van der Waals surface area contributed by atoms with Crippen molar-refractivity contribution in [3.05, 3.63) is 47.0 Å². The highest BCUT2D eigenvalue weighted by Gasteiger charge is 2.22. The van der Waals surface area contributed by atoms with E-state index in [-0.39, 0.29) is 11.9 Å². The molecular weight excluding hydrogens is 332 g/mol. The molecule has 1 aliphatic rings. The first-order valence-electron chi connectivity index (χ1n) is 8.78. The van der Waals surface area contributed by atoms with E-state index in [0.717, 1.165) is 29.0 Å². The Morgan fingerprint density at radius 3 is 2.65 bits per heavy atom. The van der Waals surface area contributed by atoms with Gasteiger partial charge in [-0.3, -0.25) is 4.79 Å². The molecule has 1 aliphatic heterocycles. The molecule has 1 unspecified atom stereocenters. The molecule has 2 aromatic rings. The maximum absolute atomic E-state index is 11.5. The number of ketones is 1. The zero-order valence-corrected chi connectivity index (χ0v) is 15.6. The predicted octanol–water partition coefficient (Wildman–Crippen LogP) is 4.20. The lowest BCUT2D eigenvalue weighted by Gasteiger charge is -2.15. The molecule has 0 aliphatic carbocycles. The van der Waals surface area contributed by atoms with Gasteiger partial charge in [-0.1, -0.05) is 0 Å². The number of fused-ring (bicyclic) bond motifs is 1. The van der Waals surface area contributed by atoms with E-state index < -0.39 is 0 Å². The average Bonchev–Trinajstić information content (AvgIpc) is 2.98. The lowest BCUT2D eigenvalue weighted by atomic mass is 10.1. The zero-order valence-electron chi connectivity index (χ0n) is 15.6. The van der Waals surface area contributed by atoms with E-state index in [9.17, 15) is 4.79 Å². The van der Waals surface area contributed by atoms with Gasteiger partial charge in [0.05, 0.1) is 13.7 Å². The summed E-state index contributed by atoms with van der Waals surface area (Å²) in [7, 11) is 1.56. The molecule has 0 amide bonds. The molecule has 0 N–H and O–H groups in total. The third-order valence-electron chi connectivity index (χ3n) is 4.33. The first kappa shape index (κ1) is 18.1. The highest BCUT2D eigenvalue weighted by Crippen LogP contribution is 2.36. The van der Waals surface area contributed by atoms with Crippen molar-refractivity contribution in [2.45, 2.75) is 39.9 Å². The van der Waals surface area contributed by atoms with Gasteiger partial charge in [-0.2, -0.15) is 0 Å². The number of hydrogen-bond donors (Lipinski definition) is 0.